The van der Waals surface area contributed by atoms with Crippen LogP contribution in [-0.2, 0) is 30.3 Å². The summed E-state index contributed by atoms with van der Waals surface area (Å²) in [6.45, 7) is 7.91. The molecule has 1 aromatic heterocycles. The third kappa shape index (κ3) is 8.21. The predicted molar refractivity (Wildman–Crippen MR) is 142 cm³/mol. The molecule has 3 amide bonds. The summed E-state index contributed by atoms with van der Waals surface area (Å²) in [5.41, 5.74) is 0.177. The van der Waals surface area contributed by atoms with E-state index in [9.17, 15) is 19.2 Å². The van der Waals surface area contributed by atoms with Crippen LogP contribution in [-0.4, -0.2) is 73.7 Å². The van der Waals surface area contributed by atoms with E-state index in [1.807, 2.05) is 51.1 Å². The molecule has 3 unspecified atom stereocenters. The average Bonchev–Trinajstić information content (AvgIpc) is 3.32. The van der Waals surface area contributed by atoms with Gasteiger partial charge in [0.1, 0.15) is 17.8 Å². The molecular weight excluding hydrogens is 504 g/mol. The predicted octanol–water partition coefficient (Wildman–Crippen LogP) is 1.59. The van der Waals surface area contributed by atoms with E-state index in [2.05, 4.69) is 21.1 Å². The molecule has 2 heterocycles. The maximum atomic E-state index is 13.6. The minimum Gasteiger partial charge on any atom is -0.382 e. The van der Waals surface area contributed by atoms with Crippen molar-refractivity contribution in [2.45, 2.75) is 58.7 Å². The number of Topliss-reactive ketones (excluding diaryl/α,β-unsaturated/α-hetero) is 1. The zero-order valence-electron chi connectivity index (χ0n) is 23.1. The number of ketones is 1. The van der Waals surface area contributed by atoms with Crippen molar-refractivity contribution in [1.29, 1.82) is 0 Å². The SMILES string of the molecule is COCC(NC(=O)c1cc(C)on1)C(=O)NC(Cc1ccccc1)C(=O)NC(CC(C)C)C(=O)C1(C)COC1. The van der Waals surface area contributed by atoms with Crippen LogP contribution in [0.5, 0.6) is 0 Å². The Hall–Kier alpha value is -3.57. The highest BCUT2D eigenvalue weighted by Gasteiger charge is 2.45. The van der Waals surface area contributed by atoms with Crippen LogP contribution in [0.15, 0.2) is 40.9 Å². The molecule has 3 atom stereocenters. The van der Waals surface area contributed by atoms with Crippen LogP contribution in [0, 0.1) is 18.3 Å². The second-order valence-electron chi connectivity index (χ2n) is 10.7. The Kier molecular flexibility index (Phi) is 10.4. The fourth-order valence-electron chi connectivity index (χ4n) is 4.33. The second kappa shape index (κ2) is 13.5. The molecule has 3 N–H and O–H groups in total. The molecule has 1 aromatic carbocycles. The van der Waals surface area contributed by atoms with E-state index >= 15 is 0 Å². The summed E-state index contributed by atoms with van der Waals surface area (Å²) in [5.74, 6) is -1.23. The number of carbonyl (C=O) groups is 4. The minimum atomic E-state index is -1.11. The van der Waals surface area contributed by atoms with Crippen LogP contribution in [0.3, 0.4) is 0 Å². The second-order valence-corrected chi connectivity index (χ2v) is 10.7. The van der Waals surface area contributed by atoms with E-state index in [0.717, 1.165) is 5.56 Å². The first-order valence-electron chi connectivity index (χ1n) is 13.0. The summed E-state index contributed by atoms with van der Waals surface area (Å²) in [7, 11) is 1.40. The first-order chi connectivity index (χ1) is 18.5. The molecule has 11 heteroatoms. The molecule has 212 valence electrons. The van der Waals surface area contributed by atoms with E-state index in [4.69, 9.17) is 14.0 Å². The highest BCUT2D eigenvalue weighted by atomic mass is 16.5. The maximum absolute atomic E-state index is 13.6. The molecule has 0 saturated carbocycles. The van der Waals surface area contributed by atoms with E-state index < -0.39 is 41.3 Å². The van der Waals surface area contributed by atoms with Gasteiger partial charge in [-0.25, -0.2) is 0 Å². The molecule has 1 saturated heterocycles. The molecule has 0 bridgehead atoms. The fraction of sp³-hybridized carbons (Fsp3) is 0.536. The number of aryl methyl sites for hydroxylation is 1. The lowest BCUT2D eigenvalue weighted by Gasteiger charge is -2.39. The highest BCUT2D eigenvalue weighted by molar-refractivity contribution is 5.98. The number of hydrogen-bond acceptors (Lipinski definition) is 8. The molecule has 11 nitrogen and oxygen atoms in total. The van der Waals surface area contributed by atoms with E-state index in [1.54, 1.807) is 6.92 Å². The quantitative estimate of drug-likeness (QED) is 0.326. The Morgan fingerprint density at radius 3 is 2.18 bits per heavy atom. The largest absolute Gasteiger partial charge is 0.382 e. The number of rotatable bonds is 14. The summed E-state index contributed by atoms with van der Waals surface area (Å²) in [6.07, 6.45) is 0.628. The van der Waals surface area contributed by atoms with Crippen molar-refractivity contribution in [3.05, 3.63) is 53.4 Å². The molecule has 1 aliphatic rings. The van der Waals surface area contributed by atoms with E-state index in [-0.39, 0.29) is 30.4 Å². The Morgan fingerprint density at radius 1 is 1.00 bits per heavy atom. The Morgan fingerprint density at radius 2 is 1.64 bits per heavy atom. The van der Waals surface area contributed by atoms with Gasteiger partial charge in [-0.05, 0) is 31.7 Å². The molecule has 0 radical (unpaired) electrons. The average molecular weight is 543 g/mol. The molecule has 2 aromatic rings. The fourth-order valence-corrected chi connectivity index (χ4v) is 4.33. The molecule has 3 rings (SSSR count). The van der Waals surface area contributed by atoms with Crippen molar-refractivity contribution in [3.63, 3.8) is 0 Å². The number of methoxy groups -OCH3 is 1. The summed E-state index contributed by atoms with van der Waals surface area (Å²) in [6, 6.07) is 7.81. The standard InChI is InChI=1S/C28H38N4O7/c1-17(2)11-20(24(33)28(4)15-38-16-28)29-25(34)21(13-19-9-7-6-8-10-19)30-27(36)23(14-37-5)31-26(35)22-12-18(3)39-32-22/h6-10,12,17,20-21,23H,11,13-16H2,1-5H3,(H,29,34)(H,30,36)(H,31,35). The third-order valence-electron chi connectivity index (χ3n) is 6.51. The summed E-state index contributed by atoms with van der Waals surface area (Å²) >= 11 is 0. The van der Waals surface area contributed by atoms with Gasteiger partial charge in [-0.2, -0.15) is 0 Å². The number of amides is 3. The Labute approximate surface area is 228 Å². The number of benzene rings is 1. The van der Waals surface area contributed by atoms with Crippen molar-refractivity contribution in [1.82, 2.24) is 21.1 Å². The Balaban J connectivity index is 1.79. The van der Waals surface area contributed by atoms with Crippen LogP contribution in [0.2, 0.25) is 0 Å². The van der Waals surface area contributed by atoms with Gasteiger partial charge in [0, 0.05) is 19.6 Å². The third-order valence-corrected chi connectivity index (χ3v) is 6.51. The van der Waals surface area contributed by atoms with Crippen molar-refractivity contribution >= 4 is 23.5 Å². The summed E-state index contributed by atoms with van der Waals surface area (Å²) in [5, 5.41) is 11.9. The van der Waals surface area contributed by atoms with E-state index in [1.165, 1.54) is 13.2 Å². The van der Waals surface area contributed by atoms with Gasteiger partial charge in [-0.1, -0.05) is 49.3 Å². The number of carbonyl (C=O) groups excluding carboxylic acids is 4. The zero-order valence-corrected chi connectivity index (χ0v) is 23.1. The molecule has 39 heavy (non-hydrogen) atoms. The van der Waals surface area contributed by atoms with Crippen LogP contribution < -0.4 is 16.0 Å². The monoisotopic (exact) mass is 542 g/mol. The van der Waals surface area contributed by atoms with Gasteiger partial charge < -0.3 is 29.9 Å². The van der Waals surface area contributed by atoms with Gasteiger partial charge in [-0.15, -0.1) is 0 Å². The molecule has 1 fully saturated rings. The van der Waals surface area contributed by atoms with Gasteiger partial charge in [0.15, 0.2) is 11.5 Å². The van der Waals surface area contributed by atoms with Crippen molar-refractivity contribution in [2.75, 3.05) is 26.9 Å². The van der Waals surface area contributed by atoms with E-state index in [0.29, 0.717) is 25.4 Å². The number of nitrogens with zero attached hydrogens (tertiary/aromatic N) is 1. The van der Waals surface area contributed by atoms with Crippen molar-refractivity contribution in [3.8, 4) is 0 Å². The smallest absolute Gasteiger partial charge is 0.274 e. The lowest BCUT2D eigenvalue weighted by molar-refractivity contribution is -0.158. The highest BCUT2D eigenvalue weighted by Crippen LogP contribution is 2.30. The van der Waals surface area contributed by atoms with Crippen LogP contribution in [0.1, 0.15) is 49.0 Å². The maximum Gasteiger partial charge on any atom is 0.274 e. The summed E-state index contributed by atoms with van der Waals surface area (Å²) in [4.78, 5) is 52.8. The van der Waals surface area contributed by atoms with Crippen LogP contribution >= 0.6 is 0 Å². The first kappa shape index (κ1) is 30.0. The van der Waals surface area contributed by atoms with Gasteiger partial charge in [0.05, 0.1) is 31.3 Å². The van der Waals surface area contributed by atoms with Gasteiger partial charge in [-0.3, -0.25) is 19.2 Å². The topological polar surface area (TPSA) is 149 Å². The lowest BCUT2D eigenvalue weighted by atomic mass is 9.78. The van der Waals surface area contributed by atoms with Crippen LogP contribution in [0.4, 0.5) is 0 Å². The number of hydrogen-bond donors (Lipinski definition) is 3. The molecular formula is C28H38N4O7. The molecule has 0 spiro atoms. The zero-order chi connectivity index (χ0) is 28.6. The number of ether oxygens (including phenoxy) is 2. The van der Waals surface area contributed by atoms with Crippen molar-refractivity contribution in [2.24, 2.45) is 11.3 Å². The summed E-state index contributed by atoms with van der Waals surface area (Å²) < 4.78 is 15.4. The van der Waals surface area contributed by atoms with Crippen molar-refractivity contribution < 1.29 is 33.2 Å². The Bertz CT molecular complexity index is 1140. The van der Waals surface area contributed by atoms with Crippen LogP contribution in [0.25, 0.3) is 0 Å². The van der Waals surface area contributed by atoms with Gasteiger partial charge in [0.25, 0.3) is 5.91 Å². The minimum absolute atomic E-state index is 0.0171. The normalized spacial score (nSPS) is 16.5. The number of nitrogens with one attached hydrogen (secondary N) is 3. The van der Waals surface area contributed by atoms with Gasteiger partial charge >= 0.3 is 0 Å². The molecule has 1 aliphatic heterocycles. The lowest BCUT2D eigenvalue weighted by Crippen LogP contribution is -2.60. The number of aromatic nitrogens is 1. The first-order valence-corrected chi connectivity index (χ1v) is 13.0. The molecule has 0 aliphatic carbocycles. The van der Waals surface area contributed by atoms with Gasteiger partial charge in [0.2, 0.25) is 11.8 Å².